The highest BCUT2D eigenvalue weighted by molar-refractivity contribution is 7.89. The number of hydrogen-bond donors (Lipinski definition) is 1. The molecule has 0 unspecified atom stereocenters. The molecule has 0 saturated carbocycles. The summed E-state index contributed by atoms with van der Waals surface area (Å²) in [5.41, 5.74) is 2.48. The van der Waals surface area contributed by atoms with Crippen molar-refractivity contribution in [1.29, 1.82) is 0 Å². The number of carbonyl (C=O) groups excluding carboxylic acids is 1. The Morgan fingerprint density at radius 2 is 1.41 bits per heavy atom. The fourth-order valence-corrected chi connectivity index (χ4v) is 5.81. The number of carbonyl (C=O) groups is 1. The van der Waals surface area contributed by atoms with E-state index in [1.165, 1.54) is 23.3 Å². The number of benzene rings is 3. The van der Waals surface area contributed by atoms with Crippen LogP contribution in [0.3, 0.4) is 0 Å². The van der Waals surface area contributed by atoms with Crippen LogP contribution in [-0.2, 0) is 14.8 Å². The molecule has 3 aromatic carbocycles. The van der Waals surface area contributed by atoms with Crippen LogP contribution in [0.4, 0.5) is 0 Å². The molecule has 7 nitrogen and oxygen atoms in total. The Morgan fingerprint density at radius 3 is 1.92 bits per heavy atom. The van der Waals surface area contributed by atoms with Gasteiger partial charge in [-0.3, -0.25) is 9.69 Å². The van der Waals surface area contributed by atoms with E-state index in [0.29, 0.717) is 25.3 Å². The largest absolute Gasteiger partial charge is 0.484 e. The van der Waals surface area contributed by atoms with E-state index in [4.69, 9.17) is 4.74 Å². The molecule has 1 fully saturated rings. The van der Waals surface area contributed by atoms with Gasteiger partial charge in [0, 0.05) is 32.2 Å². The van der Waals surface area contributed by atoms with Crippen LogP contribution in [0, 0.1) is 0 Å². The summed E-state index contributed by atoms with van der Waals surface area (Å²) >= 11 is 0. The van der Waals surface area contributed by atoms with E-state index in [0.717, 1.165) is 13.1 Å². The van der Waals surface area contributed by atoms with Gasteiger partial charge in [0.25, 0.3) is 5.91 Å². The molecule has 1 N–H and O–H groups in total. The van der Waals surface area contributed by atoms with Crippen LogP contribution >= 0.6 is 0 Å². The number of hydrogen-bond acceptors (Lipinski definition) is 5. The zero-order chi connectivity index (χ0) is 26.3. The maximum absolute atomic E-state index is 12.8. The van der Waals surface area contributed by atoms with Crippen LogP contribution in [-0.4, -0.2) is 63.0 Å². The van der Waals surface area contributed by atoms with Gasteiger partial charge in [0.1, 0.15) is 5.75 Å². The first-order chi connectivity index (χ1) is 17.9. The zero-order valence-electron chi connectivity index (χ0n) is 21.4. The fourth-order valence-electron chi connectivity index (χ4n) is 4.48. The molecule has 37 heavy (non-hydrogen) atoms. The van der Waals surface area contributed by atoms with Crippen molar-refractivity contribution in [3.63, 3.8) is 0 Å². The monoisotopic (exact) mass is 521 g/mol. The highest BCUT2D eigenvalue weighted by atomic mass is 32.2. The first-order valence-corrected chi connectivity index (χ1v) is 14.2. The van der Waals surface area contributed by atoms with Crippen molar-refractivity contribution in [3.05, 3.63) is 96.1 Å². The Bertz CT molecular complexity index is 1200. The van der Waals surface area contributed by atoms with Crippen LogP contribution in [0.2, 0.25) is 0 Å². The van der Waals surface area contributed by atoms with Gasteiger partial charge in [-0.1, -0.05) is 67.6 Å². The molecule has 1 aliphatic heterocycles. The standard InChI is InChI=1S/C29H35N3O4S/c1-3-23(2)30-37(34,35)27-16-14-26(15-17-27)36-22-28(33)31-18-20-32(21-19-31)29(24-10-6-4-7-11-24)25-12-8-5-9-13-25/h4-17,23,29-30H,3,18-22H2,1-2H3/t23-/m1/s1. The third kappa shape index (κ3) is 6.97. The summed E-state index contributed by atoms with van der Waals surface area (Å²) in [6.45, 7) is 6.42. The SMILES string of the molecule is CC[C@@H](C)NS(=O)(=O)c1ccc(OCC(=O)N2CCN(C(c3ccccc3)c3ccccc3)CC2)cc1. The van der Waals surface area contributed by atoms with Crippen LogP contribution < -0.4 is 9.46 Å². The minimum Gasteiger partial charge on any atom is -0.484 e. The van der Waals surface area contributed by atoms with Crippen molar-refractivity contribution in [1.82, 2.24) is 14.5 Å². The Morgan fingerprint density at radius 1 is 0.865 bits per heavy atom. The summed E-state index contributed by atoms with van der Waals surface area (Å²) in [6.07, 6.45) is 0.704. The molecule has 3 aromatic rings. The molecule has 0 bridgehead atoms. The molecule has 0 aromatic heterocycles. The van der Waals surface area contributed by atoms with Crippen molar-refractivity contribution in [2.45, 2.75) is 37.2 Å². The quantitative estimate of drug-likeness (QED) is 0.435. The van der Waals surface area contributed by atoms with Gasteiger partial charge < -0.3 is 9.64 Å². The number of ether oxygens (including phenoxy) is 1. The average molecular weight is 522 g/mol. The van der Waals surface area contributed by atoms with Gasteiger partial charge in [-0.15, -0.1) is 0 Å². The Labute approximate surface area is 220 Å². The smallest absolute Gasteiger partial charge is 0.260 e. The van der Waals surface area contributed by atoms with Gasteiger partial charge in [-0.2, -0.15) is 0 Å². The number of nitrogens with one attached hydrogen (secondary N) is 1. The molecule has 0 spiro atoms. The summed E-state index contributed by atoms with van der Waals surface area (Å²) in [7, 11) is -3.57. The van der Waals surface area contributed by atoms with E-state index in [1.807, 2.05) is 30.9 Å². The number of sulfonamides is 1. The Balaban J connectivity index is 1.32. The van der Waals surface area contributed by atoms with Crippen LogP contribution in [0.25, 0.3) is 0 Å². The second kappa shape index (κ2) is 12.4. The van der Waals surface area contributed by atoms with Crippen molar-refractivity contribution in [3.8, 4) is 5.75 Å². The molecule has 1 amide bonds. The van der Waals surface area contributed by atoms with E-state index >= 15 is 0 Å². The van der Waals surface area contributed by atoms with Crippen molar-refractivity contribution >= 4 is 15.9 Å². The highest BCUT2D eigenvalue weighted by Crippen LogP contribution is 2.29. The number of piperazine rings is 1. The summed E-state index contributed by atoms with van der Waals surface area (Å²) in [5, 5.41) is 0. The summed E-state index contributed by atoms with van der Waals surface area (Å²) in [5.74, 6) is 0.383. The summed E-state index contributed by atoms with van der Waals surface area (Å²) in [6, 6.07) is 27.1. The molecule has 0 radical (unpaired) electrons. The zero-order valence-corrected chi connectivity index (χ0v) is 22.2. The third-order valence-corrected chi connectivity index (χ3v) is 8.33. The first kappa shape index (κ1) is 26.9. The van der Waals surface area contributed by atoms with Gasteiger partial charge in [-0.25, -0.2) is 13.1 Å². The molecule has 1 saturated heterocycles. The topological polar surface area (TPSA) is 78.9 Å². The van der Waals surface area contributed by atoms with Gasteiger partial charge >= 0.3 is 0 Å². The molecule has 196 valence electrons. The van der Waals surface area contributed by atoms with Crippen molar-refractivity contribution in [2.24, 2.45) is 0 Å². The molecular formula is C29H35N3O4S. The van der Waals surface area contributed by atoms with Crippen molar-refractivity contribution < 1.29 is 17.9 Å². The average Bonchev–Trinajstić information content (AvgIpc) is 2.93. The summed E-state index contributed by atoms with van der Waals surface area (Å²) < 4.78 is 33.2. The van der Waals surface area contributed by atoms with Gasteiger partial charge in [0.05, 0.1) is 10.9 Å². The predicted molar refractivity (Wildman–Crippen MR) is 145 cm³/mol. The maximum atomic E-state index is 12.8. The van der Waals surface area contributed by atoms with E-state index in [1.54, 1.807) is 12.1 Å². The second-order valence-electron chi connectivity index (χ2n) is 9.33. The van der Waals surface area contributed by atoms with E-state index in [2.05, 4.69) is 58.2 Å². The first-order valence-electron chi connectivity index (χ1n) is 12.7. The molecule has 1 aliphatic rings. The second-order valence-corrected chi connectivity index (χ2v) is 11.0. The summed E-state index contributed by atoms with van der Waals surface area (Å²) in [4.78, 5) is 17.3. The molecule has 8 heteroatoms. The number of nitrogens with zero attached hydrogens (tertiary/aromatic N) is 2. The van der Waals surface area contributed by atoms with E-state index in [-0.39, 0.29) is 29.5 Å². The molecule has 1 heterocycles. The van der Waals surface area contributed by atoms with Gasteiger partial charge in [0.2, 0.25) is 10.0 Å². The number of amides is 1. The van der Waals surface area contributed by atoms with E-state index in [9.17, 15) is 13.2 Å². The van der Waals surface area contributed by atoms with Gasteiger partial charge in [0.15, 0.2) is 6.61 Å². The Kier molecular flexibility index (Phi) is 8.97. The Hall–Kier alpha value is -3.20. The molecule has 4 rings (SSSR count). The minimum absolute atomic E-state index is 0.0780. The number of rotatable bonds is 10. The lowest BCUT2D eigenvalue weighted by atomic mass is 9.96. The molecule has 1 atom stereocenters. The third-order valence-electron chi connectivity index (χ3n) is 6.73. The molecule has 0 aliphatic carbocycles. The maximum Gasteiger partial charge on any atom is 0.260 e. The minimum atomic E-state index is -3.57. The van der Waals surface area contributed by atoms with Crippen LogP contribution in [0.1, 0.15) is 37.4 Å². The lowest BCUT2D eigenvalue weighted by Crippen LogP contribution is -2.51. The van der Waals surface area contributed by atoms with Crippen molar-refractivity contribution in [2.75, 3.05) is 32.8 Å². The lowest BCUT2D eigenvalue weighted by molar-refractivity contribution is -0.135. The van der Waals surface area contributed by atoms with Crippen LogP contribution in [0.15, 0.2) is 89.8 Å². The highest BCUT2D eigenvalue weighted by Gasteiger charge is 2.28. The molecular weight excluding hydrogens is 486 g/mol. The van der Waals surface area contributed by atoms with E-state index < -0.39 is 10.0 Å². The van der Waals surface area contributed by atoms with Gasteiger partial charge in [-0.05, 0) is 48.7 Å². The van der Waals surface area contributed by atoms with Crippen LogP contribution in [0.5, 0.6) is 5.75 Å². The lowest BCUT2D eigenvalue weighted by Gasteiger charge is -2.39. The fraction of sp³-hybridized carbons (Fsp3) is 0.345. The normalized spacial score (nSPS) is 15.5. The predicted octanol–water partition coefficient (Wildman–Crippen LogP) is 4.08.